The number of pyridine rings is 1. The van der Waals surface area contributed by atoms with Crippen molar-refractivity contribution in [1.82, 2.24) is 20.1 Å². The Morgan fingerprint density at radius 3 is 2.74 bits per heavy atom. The summed E-state index contributed by atoms with van der Waals surface area (Å²) in [4.78, 5) is 21.1. The van der Waals surface area contributed by atoms with Crippen molar-refractivity contribution in [2.75, 3.05) is 57.4 Å². The molecule has 1 aromatic rings. The average Bonchev–Trinajstić information content (AvgIpc) is 2.64. The number of carbonyl (C=O) groups is 1. The van der Waals surface area contributed by atoms with Crippen LogP contribution < -0.4 is 5.32 Å². The van der Waals surface area contributed by atoms with Gasteiger partial charge >= 0.3 is 6.03 Å². The van der Waals surface area contributed by atoms with Crippen molar-refractivity contribution in [3.05, 3.63) is 30.1 Å². The van der Waals surface area contributed by atoms with E-state index in [1.807, 2.05) is 41.1 Å². The summed E-state index contributed by atoms with van der Waals surface area (Å²) < 4.78 is 5.45. The molecular weight excluding hydrogens is 312 g/mol. The van der Waals surface area contributed by atoms with E-state index in [4.69, 9.17) is 4.74 Å². The van der Waals surface area contributed by atoms with Gasteiger partial charge in [-0.1, -0.05) is 6.07 Å². The number of nitrogens with zero attached hydrogens (tertiary/aromatic N) is 3. The number of carbonyl (C=O) groups excluding carboxylic acids is 1. The highest BCUT2D eigenvalue weighted by Crippen LogP contribution is 2.19. The lowest BCUT2D eigenvalue weighted by Crippen LogP contribution is -2.48. The van der Waals surface area contributed by atoms with Crippen molar-refractivity contribution in [2.45, 2.75) is 6.04 Å². The molecule has 2 aliphatic heterocycles. The molecule has 0 radical (unpaired) electrons. The highest BCUT2D eigenvalue weighted by molar-refractivity contribution is 7.99. The Kier molecular flexibility index (Phi) is 6.13. The second-order valence-corrected chi connectivity index (χ2v) is 6.93. The predicted molar refractivity (Wildman–Crippen MR) is 91.7 cm³/mol. The van der Waals surface area contributed by atoms with E-state index >= 15 is 0 Å². The molecule has 1 atom stereocenters. The first-order valence-electron chi connectivity index (χ1n) is 8.18. The van der Waals surface area contributed by atoms with Crippen LogP contribution in [0.15, 0.2) is 24.4 Å². The predicted octanol–water partition coefficient (Wildman–Crippen LogP) is 1.21. The van der Waals surface area contributed by atoms with Gasteiger partial charge in [0.05, 0.1) is 24.9 Å². The summed E-state index contributed by atoms with van der Waals surface area (Å²) in [6.07, 6.45) is 1.81. The Morgan fingerprint density at radius 2 is 2.04 bits per heavy atom. The number of amides is 2. The van der Waals surface area contributed by atoms with Crippen molar-refractivity contribution in [3.8, 4) is 0 Å². The molecule has 0 saturated carbocycles. The standard InChI is InChI=1S/C16H24N4O2S/c21-16(20-7-11-23-12-8-20)18-13-15(14-3-1-2-4-17-14)19-5-9-22-10-6-19/h1-4,15H,5-13H2,(H,18,21)/t15-/m0/s1. The summed E-state index contributed by atoms with van der Waals surface area (Å²) in [7, 11) is 0. The molecule has 0 aromatic carbocycles. The van der Waals surface area contributed by atoms with Crippen LogP contribution in [0.3, 0.4) is 0 Å². The largest absolute Gasteiger partial charge is 0.379 e. The number of morpholine rings is 1. The van der Waals surface area contributed by atoms with E-state index in [-0.39, 0.29) is 12.1 Å². The lowest BCUT2D eigenvalue weighted by molar-refractivity contribution is 0.0156. The minimum absolute atomic E-state index is 0.0412. The summed E-state index contributed by atoms with van der Waals surface area (Å²) in [5.41, 5.74) is 1.00. The first kappa shape index (κ1) is 16.5. The molecule has 1 N–H and O–H groups in total. The monoisotopic (exact) mass is 336 g/mol. The summed E-state index contributed by atoms with van der Waals surface area (Å²) >= 11 is 1.91. The topological polar surface area (TPSA) is 57.7 Å². The van der Waals surface area contributed by atoms with Crippen LogP contribution in [0.1, 0.15) is 11.7 Å². The van der Waals surface area contributed by atoms with Gasteiger partial charge in [0.15, 0.2) is 0 Å². The number of nitrogens with one attached hydrogen (secondary N) is 1. The molecule has 0 bridgehead atoms. The highest BCUT2D eigenvalue weighted by atomic mass is 32.2. The maximum atomic E-state index is 12.4. The molecule has 2 fully saturated rings. The van der Waals surface area contributed by atoms with Gasteiger partial charge in [-0.3, -0.25) is 9.88 Å². The molecule has 7 heteroatoms. The van der Waals surface area contributed by atoms with E-state index in [9.17, 15) is 4.79 Å². The van der Waals surface area contributed by atoms with Crippen molar-refractivity contribution >= 4 is 17.8 Å². The van der Waals surface area contributed by atoms with Crippen molar-refractivity contribution in [2.24, 2.45) is 0 Å². The molecule has 3 rings (SSSR count). The van der Waals surface area contributed by atoms with Crippen LogP contribution in [0, 0.1) is 0 Å². The normalized spacial score (nSPS) is 21.0. The Hall–Kier alpha value is -1.31. The number of thioether (sulfide) groups is 1. The minimum atomic E-state index is 0.0412. The van der Waals surface area contributed by atoms with Crippen LogP contribution >= 0.6 is 11.8 Å². The molecule has 1 aromatic heterocycles. The van der Waals surface area contributed by atoms with E-state index in [2.05, 4.69) is 15.2 Å². The molecule has 0 aliphatic carbocycles. The third kappa shape index (κ3) is 4.59. The van der Waals surface area contributed by atoms with E-state index in [1.54, 1.807) is 0 Å². The molecule has 126 valence electrons. The molecule has 2 aliphatic rings. The average molecular weight is 336 g/mol. The molecule has 2 saturated heterocycles. The SMILES string of the molecule is O=C(NC[C@@H](c1ccccn1)N1CCOCC1)N1CCSCC1. The first-order valence-corrected chi connectivity index (χ1v) is 9.33. The second kappa shape index (κ2) is 8.52. The van der Waals surface area contributed by atoms with E-state index in [0.717, 1.165) is 56.6 Å². The van der Waals surface area contributed by atoms with Crippen LogP contribution in [0.5, 0.6) is 0 Å². The third-order valence-corrected chi connectivity index (χ3v) is 5.20. The van der Waals surface area contributed by atoms with Crippen molar-refractivity contribution < 1.29 is 9.53 Å². The van der Waals surface area contributed by atoms with Crippen LogP contribution in [0.2, 0.25) is 0 Å². The van der Waals surface area contributed by atoms with Gasteiger partial charge in [0.1, 0.15) is 0 Å². The summed E-state index contributed by atoms with van der Waals surface area (Å²) in [5.74, 6) is 2.06. The molecule has 6 nitrogen and oxygen atoms in total. The second-order valence-electron chi connectivity index (χ2n) is 5.70. The number of urea groups is 1. The zero-order valence-electron chi connectivity index (χ0n) is 13.3. The van der Waals surface area contributed by atoms with Crippen molar-refractivity contribution in [3.63, 3.8) is 0 Å². The molecule has 0 spiro atoms. The number of hydrogen-bond acceptors (Lipinski definition) is 5. The zero-order valence-corrected chi connectivity index (χ0v) is 14.1. The Morgan fingerprint density at radius 1 is 1.26 bits per heavy atom. The Labute approximate surface area is 141 Å². The van der Waals surface area contributed by atoms with Crippen molar-refractivity contribution in [1.29, 1.82) is 0 Å². The lowest BCUT2D eigenvalue weighted by Gasteiger charge is -2.35. The molecule has 2 amide bonds. The number of hydrogen-bond donors (Lipinski definition) is 1. The lowest BCUT2D eigenvalue weighted by atomic mass is 10.1. The Balaban J connectivity index is 1.62. The van der Waals surface area contributed by atoms with E-state index in [0.29, 0.717) is 6.54 Å². The minimum Gasteiger partial charge on any atom is -0.379 e. The summed E-state index contributed by atoms with van der Waals surface area (Å²) in [5, 5.41) is 3.10. The highest BCUT2D eigenvalue weighted by Gasteiger charge is 2.25. The zero-order chi connectivity index (χ0) is 15.9. The van der Waals surface area contributed by atoms with Gasteiger partial charge in [0.25, 0.3) is 0 Å². The number of ether oxygens (including phenoxy) is 1. The van der Waals surface area contributed by atoms with Gasteiger partial charge < -0.3 is 15.0 Å². The maximum Gasteiger partial charge on any atom is 0.317 e. The maximum absolute atomic E-state index is 12.4. The van der Waals surface area contributed by atoms with E-state index < -0.39 is 0 Å². The number of rotatable bonds is 4. The van der Waals surface area contributed by atoms with Gasteiger partial charge in [0, 0.05) is 50.4 Å². The quantitative estimate of drug-likeness (QED) is 0.896. The van der Waals surface area contributed by atoms with Gasteiger partial charge in [-0.25, -0.2) is 4.79 Å². The van der Waals surface area contributed by atoms with Gasteiger partial charge in [0.2, 0.25) is 0 Å². The summed E-state index contributed by atoms with van der Waals surface area (Å²) in [6, 6.07) is 6.09. The fourth-order valence-corrected chi connectivity index (χ4v) is 3.85. The fraction of sp³-hybridized carbons (Fsp3) is 0.625. The van der Waals surface area contributed by atoms with Gasteiger partial charge in [-0.05, 0) is 12.1 Å². The number of aromatic nitrogens is 1. The molecule has 3 heterocycles. The first-order chi connectivity index (χ1) is 11.3. The third-order valence-electron chi connectivity index (χ3n) is 4.26. The van der Waals surface area contributed by atoms with Crippen LogP contribution in [0.25, 0.3) is 0 Å². The summed E-state index contributed by atoms with van der Waals surface area (Å²) in [6.45, 7) is 5.47. The molecular formula is C16H24N4O2S. The Bertz CT molecular complexity index is 490. The molecule has 23 heavy (non-hydrogen) atoms. The van der Waals surface area contributed by atoms with E-state index in [1.165, 1.54) is 0 Å². The smallest absolute Gasteiger partial charge is 0.317 e. The fourth-order valence-electron chi connectivity index (χ4n) is 2.95. The van der Waals surface area contributed by atoms with Crippen LogP contribution in [0.4, 0.5) is 4.79 Å². The van der Waals surface area contributed by atoms with Crippen LogP contribution in [-0.2, 0) is 4.74 Å². The van der Waals surface area contributed by atoms with Gasteiger partial charge in [-0.15, -0.1) is 0 Å². The van der Waals surface area contributed by atoms with Crippen LogP contribution in [-0.4, -0.2) is 78.3 Å². The van der Waals surface area contributed by atoms with Gasteiger partial charge in [-0.2, -0.15) is 11.8 Å². The molecule has 0 unspecified atom stereocenters.